The molecule has 1 rings (SSSR count). The Morgan fingerprint density at radius 1 is 1.53 bits per heavy atom. The fraction of sp³-hybridized carbons (Fsp3) is 0.615. The monoisotopic (exact) mass is 285 g/mol. The summed E-state index contributed by atoms with van der Waals surface area (Å²) in [5.74, 6) is -0.244. The first-order valence-electron chi connectivity index (χ1n) is 6.17. The number of aliphatic hydroxyl groups is 1. The molecule has 5 nitrogen and oxygen atoms in total. The minimum absolute atomic E-state index is 0.120. The van der Waals surface area contributed by atoms with Crippen molar-refractivity contribution >= 4 is 17.5 Å². The number of halogens is 1. The first kappa shape index (κ1) is 15.9. The van der Waals surface area contributed by atoms with Crippen LogP contribution in [0.25, 0.3) is 0 Å². The van der Waals surface area contributed by atoms with Crippen molar-refractivity contribution in [2.75, 3.05) is 6.54 Å². The van der Waals surface area contributed by atoms with Gasteiger partial charge in [-0.15, -0.1) is 0 Å². The van der Waals surface area contributed by atoms with E-state index in [9.17, 15) is 9.90 Å². The van der Waals surface area contributed by atoms with Crippen molar-refractivity contribution in [1.29, 1.82) is 0 Å². The number of hydrogen-bond acceptors (Lipinski definition) is 4. The van der Waals surface area contributed by atoms with E-state index in [4.69, 9.17) is 11.6 Å². The average molecular weight is 286 g/mol. The van der Waals surface area contributed by atoms with Crippen molar-refractivity contribution in [2.24, 2.45) is 11.3 Å². The second-order valence-corrected chi connectivity index (χ2v) is 5.99. The number of carbonyl (C=O) groups is 1. The molecule has 106 valence electrons. The molecule has 6 heteroatoms. The first-order chi connectivity index (χ1) is 8.75. The summed E-state index contributed by atoms with van der Waals surface area (Å²) in [5, 5.41) is 13.0. The number of nitrogens with one attached hydrogen (secondary N) is 1. The number of aliphatic hydroxyl groups excluding tert-OH is 1. The van der Waals surface area contributed by atoms with Crippen molar-refractivity contribution in [3.63, 3.8) is 0 Å². The zero-order valence-electron chi connectivity index (χ0n) is 11.6. The third kappa shape index (κ3) is 4.14. The van der Waals surface area contributed by atoms with E-state index in [-0.39, 0.29) is 22.5 Å². The normalized spacial score (nSPS) is 13.4. The summed E-state index contributed by atoms with van der Waals surface area (Å²) in [6, 6.07) is 0. The highest BCUT2D eigenvalue weighted by atomic mass is 35.5. The molecule has 2 N–H and O–H groups in total. The predicted molar refractivity (Wildman–Crippen MR) is 74.0 cm³/mol. The van der Waals surface area contributed by atoms with Crippen LogP contribution >= 0.6 is 11.6 Å². The van der Waals surface area contributed by atoms with E-state index >= 15 is 0 Å². The van der Waals surface area contributed by atoms with Crippen LogP contribution in [0.4, 0.5) is 0 Å². The van der Waals surface area contributed by atoms with Gasteiger partial charge in [0.15, 0.2) is 0 Å². The molecule has 0 aliphatic carbocycles. The van der Waals surface area contributed by atoms with Crippen LogP contribution in [-0.4, -0.2) is 33.6 Å². The van der Waals surface area contributed by atoms with Gasteiger partial charge in [0.05, 0.1) is 11.1 Å². The van der Waals surface area contributed by atoms with Crippen LogP contribution in [0.5, 0.6) is 0 Å². The molecule has 0 aliphatic rings. The molecule has 1 aromatic heterocycles. The van der Waals surface area contributed by atoms with Gasteiger partial charge in [-0.1, -0.05) is 39.3 Å². The van der Waals surface area contributed by atoms with Crippen LogP contribution < -0.4 is 5.32 Å². The lowest BCUT2D eigenvalue weighted by molar-refractivity contribution is 0.0138. The van der Waals surface area contributed by atoms with Crippen LogP contribution in [0.3, 0.4) is 0 Å². The van der Waals surface area contributed by atoms with E-state index in [1.54, 1.807) is 0 Å². The highest BCUT2D eigenvalue weighted by molar-refractivity contribution is 6.33. The fourth-order valence-electron chi connectivity index (χ4n) is 1.88. The molecule has 0 aliphatic heterocycles. The number of nitrogens with zero attached hydrogens (tertiary/aromatic N) is 2. The molecule has 1 amide bonds. The van der Waals surface area contributed by atoms with E-state index in [2.05, 4.69) is 15.3 Å². The topological polar surface area (TPSA) is 75.1 Å². The Morgan fingerprint density at radius 2 is 2.16 bits per heavy atom. The van der Waals surface area contributed by atoms with Gasteiger partial charge in [0.2, 0.25) is 0 Å². The summed E-state index contributed by atoms with van der Waals surface area (Å²) in [7, 11) is 0. The largest absolute Gasteiger partial charge is 0.392 e. The van der Waals surface area contributed by atoms with E-state index in [0.717, 1.165) is 0 Å². The number of rotatable bonds is 5. The summed E-state index contributed by atoms with van der Waals surface area (Å²) >= 11 is 5.85. The second-order valence-electron chi connectivity index (χ2n) is 5.58. The van der Waals surface area contributed by atoms with Gasteiger partial charge >= 0.3 is 0 Å². The molecular weight excluding hydrogens is 266 g/mol. The summed E-state index contributed by atoms with van der Waals surface area (Å²) < 4.78 is 0. The second kappa shape index (κ2) is 6.30. The Kier molecular flexibility index (Phi) is 5.26. The van der Waals surface area contributed by atoms with E-state index in [1.807, 2.05) is 27.7 Å². The van der Waals surface area contributed by atoms with E-state index < -0.39 is 11.5 Å². The van der Waals surface area contributed by atoms with Crippen molar-refractivity contribution in [3.8, 4) is 0 Å². The number of hydrogen-bond donors (Lipinski definition) is 2. The van der Waals surface area contributed by atoms with E-state index in [0.29, 0.717) is 6.54 Å². The van der Waals surface area contributed by atoms with Gasteiger partial charge in [-0.05, 0) is 5.92 Å². The molecule has 0 bridgehead atoms. The molecule has 1 unspecified atom stereocenters. The van der Waals surface area contributed by atoms with Gasteiger partial charge in [0.1, 0.15) is 12.0 Å². The predicted octanol–water partition coefficient (Wildman–Crippen LogP) is 1.90. The standard InChI is InChI=1S/C13H20ClN3O2/c1-8(2)11(18)13(3,4)6-16-12(19)10-9(14)5-15-7-17-10/h5,7-8,11,18H,6H2,1-4H3,(H,16,19). The Balaban J connectivity index is 2.67. The first-order valence-corrected chi connectivity index (χ1v) is 6.55. The molecule has 0 aromatic carbocycles. The Morgan fingerprint density at radius 3 is 2.68 bits per heavy atom. The molecule has 1 atom stereocenters. The molecule has 19 heavy (non-hydrogen) atoms. The number of amides is 1. The van der Waals surface area contributed by atoms with Crippen LogP contribution in [-0.2, 0) is 0 Å². The smallest absolute Gasteiger partial charge is 0.271 e. The third-order valence-electron chi connectivity index (χ3n) is 3.02. The molecule has 0 saturated carbocycles. The Labute approximate surface area is 118 Å². The van der Waals surface area contributed by atoms with Crippen LogP contribution in [0, 0.1) is 11.3 Å². The zero-order chi connectivity index (χ0) is 14.6. The van der Waals surface area contributed by atoms with Crippen LogP contribution in [0.2, 0.25) is 5.02 Å². The summed E-state index contributed by atoms with van der Waals surface area (Å²) in [6.07, 6.45) is 2.14. The lowest BCUT2D eigenvalue weighted by Gasteiger charge is -2.33. The average Bonchev–Trinajstić information content (AvgIpc) is 2.35. The van der Waals surface area contributed by atoms with Crippen molar-refractivity contribution in [2.45, 2.75) is 33.8 Å². The van der Waals surface area contributed by atoms with E-state index in [1.165, 1.54) is 12.5 Å². The molecule has 1 aromatic rings. The maximum absolute atomic E-state index is 11.9. The highest BCUT2D eigenvalue weighted by Crippen LogP contribution is 2.25. The molecule has 0 radical (unpaired) electrons. The Hall–Kier alpha value is -1.20. The minimum Gasteiger partial charge on any atom is -0.392 e. The van der Waals surface area contributed by atoms with Gasteiger partial charge in [0.25, 0.3) is 5.91 Å². The lowest BCUT2D eigenvalue weighted by Crippen LogP contribution is -2.43. The molecular formula is C13H20ClN3O2. The van der Waals surface area contributed by atoms with Crippen LogP contribution in [0.15, 0.2) is 12.5 Å². The fourth-order valence-corrected chi connectivity index (χ4v) is 2.07. The highest BCUT2D eigenvalue weighted by Gasteiger charge is 2.30. The third-order valence-corrected chi connectivity index (χ3v) is 3.30. The van der Waals surface area contributed by atoms with Gasteiger partial charge < -0.3 is 10.4 Å². The SMILES string of the molecule is CC(C)C(O)C(C)(C)CNC(=O)c1ncncc1Cl. The zero-order valence-corrected chi connectivity index (χ0v) is 12.4. The molecule has 1 heterocycles. The molecule has 0 fully saturated rings. The van der Waals surface area contributed by atoms with Gasteiger partial charge in [-0.3, -0.25) is 4.79 Å². The molecule has 0 saturated heterocycles. The van der Waals surface area contributed by atoms with Crippen molar-refractivity contribution < 1.29 is 9.90 Å². The summed E-state index contributed by atoms with van der Waals surface area (Å²) in [4.78, 5) is 19.5. The maximum atomic E-state index is 11.9. The maximum Gasteiger partial charge on any atom is 0.271 e. The lowest BCUT2D eigenvalue weighted by atomic mass is 9.80. The number of carbonyl (C=O) groups excluding carboxylic acids is 1. The Bertz CT molecular complexity index is 449. The van der Waals surface area contributed by atoms with Crippen molar-refractivity contribution in [1.82, 2.24) is 15.3 Å². The number of aromatic nitrogens is 2. The summed E-state index contributed by atoms with van der Waals surface area (Å²) in [6.45, 7) is 8.02. The summed E-state index contributed by atoms with van der Waals surface area (Å²) in [5.41, 5.74) is -0.282. The minimum atomic E-state index is -0.506. The molecule has 0 spiro atoms. The van der Waals surface area contributed by atoms with Gasteiger partial charge in [-0.2, -0.15) is 0 Å². The van der Waals surface area contributed by atoms with Crippen molar-refractivity contribution in [3.05, 3.63) is 23.2 Å². The van der Waals surface area contributed by atoms with Gasteiger partial charge in [0, 0.05) is 18.2 Å². The quantitative estimate of drug-likeness (QED) is 0.866. The van der Waals surface area contributed by atoms with Gasteiger partial charge in [-0.25, -0.2) is 9.97 Å². The van der Waals surface area contributed by atoms with Crippen LogP contribution in [0.1, 0.15) is 38.2 Å².